The summed E-state index contributed by atoms with van der Waals surface area (Å²) in [5, 5.41) is 3.38. The molecule has 1 aliphatic heterocycles. The Bertz CT molecular complexity index is 1380. The van der Waals surface area contributed by atoms with Crippen LogP contribution in [0.2, 0.25) is 0 Å². The van der Waals surface area contributed by atoms with E-state index in [4.69, 9.17) is 9.15 Å². The minimum atomic E-state index is 0.0690. The Morgan fingerprint density at radius 1 is 1.00 bits per heavy atom. The van der Waals surface area contributed by atoms with Crippen LogP contribution in [0.5, 0.6) is 5.75 Å². The zero-order valence-corrected chi connectivity index (χ0v) is 20.3. The molecule has 1 amide bonds. The van der Waals surface area contributed by atoms with Crippen molar-refractivity contribution in [3.63, 3.8) is 0 Å². The lowest BCUT2D eigenvalue weighted by molar-refractivity contribution is -0.128. The maximum atomic E-state index is 13.1. The van der Waals surface area contributed by atoms with Crippen LogP contribution in [0, 0.1) is 11.8 Å². The SMILES string of the molecule is COc1cc2occ(-c3cccc4ccccc34)c2cc1/C(C)=C/C(=O)N1CC(C)CC(C)C1. The molecule has 34 heavy (non-hydrogen) atoms. The van der Waals surface area contributed by atoms with E-state index < -0.39 is 0 Å². The summed E-state index contributed by atoms with van der Waals surface area (Å²) in [6.45, 7) is 8.05. The molecule has 0 bridgehead atoms. The minimum absolute atomic E-state index is 0.0690. The predicted octanol–water partition coefficient (Wildman–Crippen LogP) is 7.17. The maximum absolute atomic E-state index is 13.1. The fourth-order valence-corrected chi connectivity index (χ4v) is 5.40. The number of methoxy groups -OCH3 is 1. The number of carbonyl (C=O) groups is 1. The van der Waals surface area contributed by atoms with Crippen LogP contribution >= 0.6 is 0 Å². The summed E-state index contributed by atoms with van der Waals surface area (Å²) < 4.78 is 11.7. The summed E-state index contributed by atoms with van der Waals surface area (Å²) in [5.74, 6) is 1.83. The third-order valence-electron chi connectivity index (χ3n) is 6.92. The van der Waals surface area contributed by atoms with Crippen LogP contribution in [0.15, 0.2) is 71.4 Å². The summed E-state index contributed by atoms with van der Waals surface area (Å²) in [4.78, 5) is 15.1. The van der Waals surface area contributed by atoms with Gasteiger partial charge in [0.25, 0.3) is 0 Å². The van der Waals surface area contributed by atoms with E-state index in [0.29, 0.717) is 17.6 Å². The van der Waals surface area contributed by atoms with E-state index in [2.05, 4.69) is 62.4 Å². The highest BCUT2D eigenvalue weighted by atomic mass is 16.5. The second kappa shape index (κ2) is 9.02. The number of amides is 1. The third-order valence-corrected chi connectivity index (χ3v) is 6.92. The van der Waals surface area contributed by atoms with E-state index >= 15 is 0 Å². The number of nitrogens with zero attached hydrogens (tertiary/aromatic N) is 1. The van der Waals surface area contributed by atoms with Gasteiger partial charge in [0.15, 0.2) is 0 Å². The molecule has 174 valence electrons. The second-order valence-electron chi connectivity index (χ2n) is 9.74. The lowest BCUT2D eigenvalue weighted by atomic mass is 9.91. The van der Waals surface area contributed by atoms with Crippen molar-refractivity contribution in [1.29, 1.82) is 0 Å². The highest BCUT2D eigenvalue weighted by Crippen LogP contribution is 2.39. The minimum Gasteiger partial charge on any atom is -0.496 e. The molecule has 2 heterocycles. The normalized spacial score (nSPS) is 19.1. The molecule has 0 aliphatic carbocycles. The van der Waals surface area contributed by atoms with Crippen LogP contribution in [-0.4, -0.2) is 31.0 Å². The Hall–Kier alpha value is -3.53. The molecule has 4 aromatic rings. The predicted molar refractivity (Wildman–Crippen MR) is 139 cm³/mol. The molecule has 4 heteroatoms. The lowest BCUT2D eigenvalue weighted by Gasteiger charge is -2.34. The van der Waals surface area contributed by atoms with E-state index in [1.807, 2.05) is 24.2 Å². The number of hydrogen-bond donors (Lipinski definition) is 0. The van der Waals surface area contributed by atoms with Crippen LogP contribution in [0.3, 0.4) is 0 Å². The van der Waals surface area contributed by atoms with E-state index in [-0.39, 0.29) is 5.91 Å². The number of rotatable bonds is 4. The van der Waals surface area contributed by atoms with Gasteiger partial charge in [-0.25, -0.2) is 0 Å². The van der Waals surface area contributed by atoms with Crippen LogP contribution in [0.1, 0.15) is 32.8 Å². The fourth-order valence-electron chi connectivity index (χ4n) is 5.40. The molecule has 0 saturated carbocycles. The summed E-state index contributed by atoms with van der Waals surface area (Å²) in [6.07, 6.45) is 4.75. The zero-order chi connectivity index (χ0) is 23.8. The molecule has 5 rings (SSSR count). The van der Waals surface area contributed by atoms with Crippen molar-refractivity contribution in [1.82, 2.24) is 4.90 Å². The van der Waals surface area contributed by atoms with Crippen molar-refractivity contribution in [3.8, 4) is 16.9 Å². The van der Waals surface area contributed by atoms with Crippen molar-refractivity contribution in [2.45, 2.75) is 27.2 Å². The van der Waals surface area contributed by atoms with Gasteiger partial charge >= 0.3 is 0 Å². The van der Waals surface area contributed by atoms with Gasteiger partial charge in [0.1, 0.15) is 11.3 Å². The number of likely N-dealkylation sites (tertiary alicyclic amines) is 1. The molecule has 0 radical (unpaired) electrons. The monoisotopic (exact) mass is 453 g/mol. The van der Waals surface area contributed by atoms with Crippen molar-refractivity contribution in [3.05, 3.63) is 72.5 Å². The van der Waals surface area contributed by atoms with Gasteiger partial charge in [-0.15, -0.1) is 0 Å². The molecule has 1 saturated heterocycles. The Labute approximate surface area is 200 Å². The largest absolute Gasteiger partial charge is 0.496 e. The average molecular weight is 454 g/mol. The molecule has 2 atom stereocenters. The summed E-state index contributed by atoms with van der Waals surface area (Å²) in [6, 6.07) is 18.7. The van der Waals surface area contributed by atoms with Crippen molar-refractivity contribution >= 4 is 33.2 Å². The Morgan fingerprint density at radius 3 is 2.50 bits per heavy atom. The third kappa shape index (κ3) is 4.09. The number of carbonyl (C=O) groups excluding carboxylic acids is 1. The topological polar surface area (TPSA) is 42.7 Å². The second-order valence-corrected chi connectivity index (χ2v) is 9.74. The highest BCUT2D eigenvalue weighted by Gasteiger charge is 2.25. The summed E-state index contributed by atoms with van der Waals surface area (Å²) in [7, 11) is 1.66. The molecule has 1 aliphatic rings. The highest BCUT2D eigenvalue weighted by molar-refractivity contribution is 6.06. The summed E-state index contributed by atoms with van der Waals surface area (Å²) in [5.41, 5.74) is 4.72. The van der Waals surface area contributed by atoms with E-state index in [9.17, 15) is 4.79 Å². The zero-order valence-electron chi connectivity index (χ0n) is 20.3. The first-order valence-corrected chi connectivity index (χ1v) is 12.0. The Kier molecular flexibility index (Phi) is 5.91. The fraction of sp³-hybridized carbons (Fsp3) is 0.300. The number of hydrogen-bond acceptors (Lipinski definition) is 3. The van der Waals surface area contributed by atoms with E-state index in [0.717, 1.165) is 46.3 Å². The molecule has 2 unspecified atom stereocenters. The molecule has 0 N–H and O–H groups in total. The van der Waals surface area contributed by atoms with Crippen molar-refractivity contribution < 1.29 is 13.9 Å². The molecular weight excluding hydrogens is 422 g/mol. The quantitative estimate of drug-likeness (QED) is 0.308. The van der Waals surface area contributed by atoms with Crippen molar-refractivity contribution in [2.75, 3.05) is 20.2 Å². The first kappa shape index (κ1) is 22.3. The van der Waals surface area contributed by atoms with Gasteiger partial charge in [0.2, 0.25) is 5.91 Å². The molecule has 1 fully saturated rings. The Balaban J connectivity index is 1.57. The molecular formula is C30H31NO3. The summed E-state index contributed by atoms with van der Waals surface area (Å²) >= 11 is 0. The first-order chi connectivity index (χ1) is 16.4. The van der Waals surface area contributed by atoms with Gasteiger partial charge in [0, 0.05) is 41.7 Å². The van der Waals surface area contributed by atoms with Gasteiger partial charge in [-0.1, -0.05) is 56.3 Å². The maximum Gasteiger partial charge on any atom is 0.246 e. The van der Waals surface area contributed by atoms with Crippen LogP contribution in [0.4, 0.5) is 0 Å². The smallest absolute Gasteiger partial charge is 0.246 e. The number of ether oxygens (including phenoxy) is 1. The number of benzene rings is 3. The first-order valence-electron chi connectivity index (χ1n) is 12.0. The number of fused-ring (bicyclic) bond motifs is 2. The number of piperidine rings is 1. The molecule has 4 nitrogen and oxygen atoms in total. The molecule has 0 spiro atoms. The van der Waals surface area contributed by atoms with E-state index in [1.54, 1.807) is 13.2 Å². The van der Waals surface area contributed by atoms with Gasteiger partial charge in [-0.2, -0.15) is 0 Å². The number of allylic oxidation sites excluding steroid dienone is 1. The standard InChI is InChI=1S/C30H31NO3/c1-19-12-20(2)17-31(16-19)30(32)13-21(3)25-14-26-27(18-34-29(26)15-28(25)33-4)24-11-7-9-22-8-5-6-10-23(22)24/h5-11,13-15,18-20H,12,16-17H2,1-4H3/b21-13+. The molecule has 1 aromatic heterocycles. The van der Waals surface area contributed by atoms with Gasteiger partial charge in [-0.05, 0) is 53.2 Å². The van der Waals surface area contributed by atoms with Crippen LogP contribution < -0.4 is 4.74 Å². The molecule has 3 aromatic carbocycles. The van der Waals surface area contributed by atoms with Crippen molar-refractivity contribution in [2.24, 2.45) is 11.8 Å². The van der Waals surface area contributed by atoms with Gasteiger partial charge in [-0.3, -0.25) is 4.79 Å². The van der Waals surface area contributed by atoms with Gasteiger partial charge in [0.05, 0.1) is 13.4 Å². The lowest BCUT2D eigenvalue weighted by Crippen LogP contribution is -2.41. The number of furan rings is 1. The average Bonchev–Trinajstić information content (AvgIpc) is 3.24. The van der Waals surface area contributed by atoms with Crippen LogP contribution in [0.25, 0.3) is 38.4 Å². The van der Waals surface area contributed by atoms with E-state index in [1.165, 1.54) is 17.2 Å². The van der Waals surface area contributed by atoms with Crippen LogP contribution in [-0.2, 0) is 4.79 Å². The Morgan fingerprint density at radius 2 is 1.74 bits per heavy atom. The van der Waals surface area contributed by atoms with Gasteiger partial charge < -0.3 is 14.1 Å².